The van der Waals surface area contributed by atoms with E-state index in [0.29, 0.717) is 0 Å². The highest BCUT2D eigenvalue weighted by Crippen LogP contribution is 2.16. The molecule has 0 unspecified atom stereocenters. The van der Waals surface area contributed by atoms with Gasteiger partial charge in [-0.1, -0.05) is 37.3 Å². The van der Waals surface area contributed by atoms with Crippen LogP contribution >= 0.6 is 0 Å². The van der Waals surface area contributed by atoms with E-state index < -0.39 is 0 Å². The van der Waals surface area contributed by atoms with Crippen molar-refractivity contribution in [2.45, 2.75) is 27.3 Å². The Morgan fingerprint density at radius 2 is 1.88 bits per heavy atom. The summed E-state index contributed by atoms with van der Waals surface area (Å²) in [5.74, 6) is 0. The van der Waals surface area contributed by atoms with Gasteiger partial charge in [0.1, 0.15) is 0 Å². The molecule has 2 heteroatoms. The first kappa shape index (κ1) is 12.7. The molecule has 1 rings (SSSR count). The van der Waals surface area contributed by atoms with Gasteiger partial charge >= 0.3 is 0 Å². The van der Waals surface area contributed by atoms with Crippen LogP contribution < -0.4 is 0 Å². The second kappa shape index (κ2) is 5.67. The summed E-state index contributed by atoms with van der Waals surface area (Å²) in [6.45, 7) is 8.81. The van der Waals surface area contributed by atoms with Crippen LogP contribution in [-0.4, -0.2) is 18.0 Å². The van der Waals surface area contributed by atoms with Gasteiger partial charge in [0.2, 0.25) is 0 Å². The van der Waals surface area contributed by atoms with Crippen LogP contribution in [0.3, 0.4) is 0 Å². The highest BCUT2D eigenvalue weighted by atomic mass is 15.1. The normalized spacial score (nSPS) is 11.4. The molecule has 0 atom stereocenters. The predicted molar refractivity (Wildman–Crippen MR) is 66.8 cm³/mol. The number of benzene rings is 1. The average molecular weight is 216 g/mol. The molecule has 0 bridgehead atoms. The molecule has 0 fully saturated rings. The maximum atomic E-state index is 9.03. The average Bonchev–Trinajstić information content (AvgIpc) is 2.29. The molecule has 0 aromatic heterocycles. The van der Waals surface area contributed by atoms with E-state index in [4.69, 9.17) is 5.26 Å². The molecule has 0 amide bonds. The summed E-state index contributed by atoms with van der Waals surface area (Å²) in [4.78, 5) is 2.30. The molecule has 0 heterocycles. The van der Waals surface area contributed by atoms with Gasteiger partial charge in [-0.15, -0.1) is 0 Å². The maximum Gasteiger partial charge on any atom is 0.0697 e. The molecular weight excluding hydrogens is 196 g/mol. The monoisotopic (exact) mass is 216 g/mol. The molecule has 0 radical (unpaired) electrons. The van der Waals surface area contributed by atoms with Crippen LogP contribution in [0, 0.1) is 16.7 Å². The van der Waals surface area contributed by atoms with Crippen LogP contribution in [0.25, 0.3) is 0 Å². The summed E-state index contributed by atoms with van der Waals surface area (Å²) in [7, 11) is 0. The zero-order valence-electron chi connectivity index (χ0n) is 10.4. The highest BCUT2D eigenvalue weighted by Gasteiger charge is 2.20. The fourth-order valence-corrected chi connectivity index (χ4v) is 1.72. The molecule has 0 aliphatic rings. The van der Waals surface area contributed by atoms with Crippen LogP contribution in [-0.2, 0) is 6.54 Å². The quantitative estimate of drug-likeness (QED) is 0.756. The van der Waals surface area contributed by atoms with Gasteiger partial charge in [0.05, 0.1) is 11.5 Å². The zero-order valence-corrected chi connectivity index (χ0v) is 10.4. The first-order valence-electron chi connectivity index (χ1n) is 5.75. The molecule has 16 heavy (non-hydrogen) atoms. The Kier molecular flexibility index (Phi) is 4.52. The van der Waals surface area contributed by atoms with Crippen molar-refractivity contribution in [3.8, 4) is 6.07 Å². The molecule has 0 saturated carbocycles. The Labute approximate surface area is 98.5 Å². The van der Waals surface area contributed by atoms with E-state index in [9.17, 15) is 0 Å². The molecule has 86 valence electrons. The molecule has 2 nitrogen and oxygen atoms in total. The minimum absolute atomic E-state index is 0.273. The summed E-state index contributed by atoms with van der Waals surface area (Å²) < 4.78 is 0. The van der Waals surface area contributed by atoms with Crippen LogP contribution in [0.1, 0.15) is 26.3 Å². The standard InChI is InChI=1S/C14H20N2/c1-4-16(12-14(2,3)11-15)10-13-8-6-5-7-9-13/h5-9H,4,10,12H2,1-3H3. The van der Waals surface area contributed by atoms with E-state index >= 15 is 0 Å². The third kappa shape index (κ3) is 4.04. The number of hydrogen-bond donors (Lipinski definition) is 0. The largest absolute Gasteiger partial charge is 0.298 e. The van der Waals surface area contributed by atoms with Crippen LogP contribution in [0.2, 0.25) is 0 Å². The predicted octanol–water partition coefficient (Wildman–Crippen LogP) is 3.06. The molecule has 0 aliphatic carbocycles. The minimum Gasteiger partial charge on any atom is -0.298 e. The van der Waals surface area contributed by atoms with E-state index in [0.717, 1.165) is 19.6 Å². The second-order valence-electron chi connectivity index (χ2n) is 4.78. The van der Waals surface area contributed by atoms with Gasteiger partial charge in [0, 0.05) is 13.1 Å². The first-order chi connectivity index (χ1) is 7.57. The van der Waals surface area contributed by atoms with Crippen molar-refractivity contribution in [1.82, 2.24) is 4.90 Å². The van der Waals surface area contributed by atoms with Crippen molar-refractivity contribution < 1.29 is 0 Å². The van der Waals surface area contributed by atoms with Gasteiger partial charge in [0.25, 0.3) is 0 Å². The molecule has 1 aromatic rings. The third-order valence-corrected chi connectivity index (χ3v) is 2.62. The maximum absolute atomic E-state index is 9.03. The molecule has 0 spiro atoms. The fraction of sp³-hybridized carbons (Fsp3) is 0.500. The molecule has 0 aliphatic heterocycles. The van der Waals surface area contributed by atoms with E-state index in [1.807, 2.05) is 19.9 Å². The number of rotatable bonds is 5. The molecular formula is C14H20N2. The van der Waals surface area contributed by atoms with E-state index in [1.54, 1.807) is 0 Å². The van der Waals surface area contributed by atoms with Gasteiger partial charge in [-0.3, -0.25) is 4.90 Å². The Balaban J connectivity index is 2.61. The molecule has 0 saturated heterocycles. The van der Waals surface area contributed by atoms with E-state index in [1.165, 1.54) is 5.56 Å². The van der Waals surface area contributed by atoms with Crippen molar-refractivity contribution >= 4 is 0 Å². The summed E-state index contributed by atoms with van der Waals surface area (Å²) in [6.07, 6.45) is 0. The summed E-state index contributed by atoms with van der Waals surface area (Å²) in [6, 6.07) is 12.7. The third-order valence-electron chi connectivity index (χ3n) is 2.62. The number of nitriles is 1. The van der Waals surface area contributed by atoms with Crippen LogP contribution in [0.5, 0.6) is 0 Å². The zero-order chi connectivity index (χ0) is 12.0. The summed E-state index contributed by atoms with van der Waals surface area (Å²) >= 11 is 0. The lowest BCUT2D eigenvalue weighted by Gasteiger charge is -2.27. The Morgan fingerprint density at radius 3 is 2.38 bits per heavy atom. The van der Waals surface area contributed by atoms with Crippen molar-refractivity contribution in [3.63, 3.8) is 0 Å². The fourth-order valence-electron chi connectivity index (χ4n) is 1.72. The van der Waals surface area contributed by atoms with Gasteiger partial charge in [-0.2, -0.15) is 5.26 Å². The lowest BCUT2D eigenvalue weighted by molar-refractivity contribution is 0.215. The van der Waals surface area contributed by atoms with Crippen molar-refractivity contribution in [1.29, 1.82) is 5.26 Å². The lowest BCUT2D eigenvalue weighted by Crippen LogP contribution is -2.33. The van der Waals surface area contributed by atoms with Crippen LogP contribution in [0.4, 0.5) is 0 Å². The lowest BCUT2D eigenvalue weighted by atomic mass is 9.95. The smallest absolute Gasteiger partial charge is 0.0697 e. The second-order valence-corrected chi connectivity index (χ2v) is 4.78. The Bertz CT molecular complexity index is 349. The highest BCUT2D eigenvalue weighted by molar-refractivity contribution is 5.14. The number of nitrogens with zero attached hydrogens (tertiary/aromatic N) is 2. The Morgan fingerprint density at radius 1 is 1.25 bits per heavy atom. The SMILES string of the molecule is CCN(Cc1ccccc1)CC(C)(C)C#N. The van der Waals surface area contributed by atoms with Gasteiger partial charge in [0.15, 0.2) is 0 Å². The summed E-state index contributed by atoms with van der Waals surface area (Å²) in [5, 5.41) is 9.03. The topological polar surface area (TPSA) is 27.0 Å². The van der Waals surface area contributed by atoms with Crippen molar-refractivity contribution in [2.75, 3.05) is 13.1 Å². The van der Waals surface area contributed by atoms with Gasteiger partial charge in [-0.25, -0.2) is 0 Å². The minimum atomic E-state index is -0.273. The van der Waals surface area contributed by atoms with E-state index in [-0.39, 0.29) is 5.41 Å². The first-order valence-corrected chi connectivity index (χ1v) is 5.75. The van der Waals surface area contributed by atoms with Gasteiger partial charge < -0.3 is 0 Å². The number of hydrogen-bond acceptors (Lipinski definition) is 2. The molecule has 1 aromatic carbocycles. The molecule has 0 N–H and O–H groups in total. The van der Waals surface area contributed by atoms with Crippen molar-refractivity contribution in [3.05, 3.63) is 35.9 Å². The van der Waals surface area contributed by atoms with Gasteiger partial charge in [-0.05, 0) is 26.0 Å². The van der Waals surface area contributed by atoms with Crippen molar-refractivity contribution in [2.24, 2.45) is 5.41 Å². The van der Waals surface area contributed by atoms with Crippen LogP contribution in [0.15, 0.2) is 30.3 Å². The Hall–Kier alpha value is -1.33. The van der Waals surface area contributed by atoms with E-state index in [2.05, 4.69) is 42.2 Å². The summed E-state index contributed by atoms with van der Waals surface area (Å²) in [5.41, 5.74) is 1.03.